The Bertz CT molecular complexity index is 743. The van der Waals surface area contributed by atoms with Gasteiger partial charge in [-0.1, -0.05) is 17.7 Å². The Labute approximate surface area is 122 Å². The van der Waals surface area contributed by atoms with Gasteiger partial charge in [-0.05, 0) is 43.3 Å². The molecule has 0 spiro atoms. The Balaban J connectivity index is 2.05. The van der Waals surface area contributed by atoms with Crippen molar-refractivity contribution in [2.75, 3.05) is 0 Å². The van der Waals surface area contributed by atoms with Crippen LogP contribution in [-0.4, -0.2) is 9.78 Å². The quantitative estimate of drug-likeness (QED) is 0.799. The molecule has 1 aromatic heterocycles. The summed E-state index contributed by atoms with van der Waals surface area (Å²) in [5, 5.41) is 4.60. The van der Waals surface area contributed by atoms with Crippen LogP contribution < -0.4 is 5.73 Å². The third-order valence-corrected chi connectivity index (χ3v) is 3.43. The van der Waals surface area contributed by atoms with Crippen LogP contribution in [0.4, 0.5) is 4.39 Å². The number of halogens is 1. The highest BCUT2D eigenvalue weighted by Crippen LogP contribution is 2.23. The van der Waals surface area contributed by atoms with Crippen molar-refractivity contribution in [1.82, 2.24) is 9.78 Å². The van der Waals surface area contributed by atoms with Crippen molar-refractivity contribution in [3.8, 4) is 16.9 Å². The summed E-state index contributed by atoms with van der Waals surface area (Å²) in [4.78, 5) is 0. The number of hydrogen-bond acceptors (Lipinski definition) is 2. The summed E-state index contributed by atoms with van der Waals surface area (Å²) in [6.45, 7) is 2.43. The molecule has 1 heterocycles. The van der Waals surface area contributed by atoms with Gasteiger partial charge in [0.05, 0.1) is 11.4 Å². The molecule has 21 heavy (non-hydrogen) atoms. The highest BCUT2D eigenvalue weighted by Gasteiger charge is 2.11. The maximum Gasteiger partial charge on any atom is 0.123 e. The van der Waals surface area contributed by atoms with E-state index >= 15 is 0 Å². The van der Waals surface area contributed by atoms with Crippen molar-refractivity contribution < 1.29 is 4.39 Å². The summed E-state index contributed by atoms with van der Waals surface area (Å²) in [7, 11) is 0. The van der Waals surface area contributed by atoms with Gasteiger partial charge in [0, 0.05) is 23.9 Å². The van der Waals surface area contributed by atoms with Crippen LogP contribution in [0.3, 0.4) is 0 Å². The standard InChI is InChI=1S/C17H16FN3/c1-12-2-8-16(9-3-12)21-11-14(10-19)17(20-21)13-4-6-15(18)7-5-13/h2-9,11H,10,19H2,1H3. The molecule has 2 aromatic carbocycles. The van der Waals surface area contributed by atoms with Crippen LogP contribution in [0.2, 0.25) is 0 Å². The van der Waals surface area contributed by atoms with Crippen LogP contribution in [0.5, 0.6) is 0 Å². The first-order valence-electron chi connectivity index (χ1n) is 6.79. The maximum atomic E-state index is 13.0. The fourth-order valence-electron chi connectivity index (χ4n) is 2.24. The molecule has 0 fully saturated rings. The molecular formula is C17H16FN3. The van der Waals surface area contributed by atoms with Gasteiger partial charge in [0.15, 0.2) is 0 Å². The zero-order valence-corrected chi connectivity index (χ0v) is 11.8. The Hall–Kier alpha value is -2.46. The molecule has 106 valence electrons. The number of nitrogens with zero attached hydrogens (tertiary/aromatic N) is 2. The second kappa shape index (κ2) is 5.50. The molecule has 0 amide bonds. The summed E-state index contributed by atoms with van der Waals surface area (Å²) in [6.07, 6.45) is 1.92. The summed E-state index contributed by atoms with van der Waals surface area (Å²) >= 11 is 0. The molecule has 4 heteroatoms. The number of benzene rings is 2. The molecular weight excluding hydrogens is 265 g/mol. The van der Waals surface area contributed by atoms with Crippen LogP contribution >= 0.6 is 0 Å². The van der Waals surface area contributed by atoms with E-state index in [0.717, 1.165) is 22.5 Å². The smallest absolute Gasteiger partial charge is 0.123 e. The highest BCUT2D eigenvalue weighted by molar-refractivity contribution is 5.63. The molecule has 0 atom stereocenters. The predicted molar refractivity (Wildman–Crippen MR) is 81.6 cm³/mol. The van der Waals surface area contributed by atoms with Gasteiger partial charge >= 0.3 is 0 Å². The van der Waals surface area contributed by atoms with E-state index in [-0.39, 0.29) is 5.82 Å². The van der Waals surface area contributed by atoms with Gasteiger partial charge < -0.3 is 5.73 Å². The fraction of sp³-hybridized carbons (Fsp3) is 0.118. The van der Waals surface area contributed by atoms with Gasteiger partial charge in [-0.25, -0.2) is 9.07 Å². The molecule has 0 radical (unpaired) electrons. The average Bonchev–Trinajstić information content (AvgIpc) is 2.93. The lowest BCUT2D eigenvalue weighted by molar-refractivity contribution is 0.628. The van der Waals surface area contributed by atoms with E-state index in [4.69, 9.17) is 5.73 Å². The largest absolute Gasteiger partial charge is 0.326 e. The van der Waals surface area contributed by atoms with E-state index in [9.17, 15) is 4.39 Å². The lowest BCUT2D eigenvalue weighted by atomic mass is 10.1. The normalized spacial score (nSPS) is 10.8. The summed E-state index contributed by atoms with van der Waals surface area (Å²) < 4.78 is 14.8. The van der Waals surface area contributed by atoms with E-state index < -0.39 is 0 Å². The van der Waals surface area contributed by atoms with Crippen molar-refractivity contribution in [2.24, 2.45) is 5.73 Å². The molecule has 0 unspecified atom stereocenters. The molecule has 3 rings (SSSR count). The van der Waals surface area contributed by atoms with Crippen LogP contribution in [0.25, 0.3) is 16.9 Å². The molecule has 3 aromatic rings. The SMILES string of the molecule is Cc1ccc(-n2cc(CN)c(-c3ccc(F)cc3)n2)cc1. The summed E-state index contributed by atoms with van der Waals surface area (Å²) in [5.74, 6) is -0.258. The van der Waals surface area contributed by atoms with E-state index in [1.54, 1.807) is 16.8 Å². The Morgan fingerprint density at radius 3 is 2.33 bits per heavy atom. The lowest BCUT2D eigenvalue weighted by Crippen LogP contribution is -1.96. The van der Waals surface area contributed by atoms with Crippen molar-refractivity contribution >= 4 is 0 Å². The summed E-state index contributed by atoms with van der Waals surface area (Å²) in [5.41, 5.74) is 10.6. The number of nitrogens with two attached hydrogens (primary N) is 1. The van der Waals surface area contributed by atoms with Crippen molar-refractivity contribution in [2.45, 2.75) is 13.5 Å². The second-order valence-corrected chi connectivity index (χ2v) is 4.99. The van der Waals surface area contributed by atoms with Gasteiger partial charge in [-0.3, -0.25) is 0 Å². The predicted octanol–water partition coefficient (Wildman–Crippen LogP) is 3.45. The van der Waals surface area contributed by atoms with Gasteiger partial charge in [-0.15, -0.1) is 0 Å². The van der Waals surface area contributed by atoms with Gasteiger partial charge in [0.2, 0.25) is 0 Å². The van der Waals surface area contributed by atoms with Crippen LogP contribution in [0.1, 0.15) is 11.1 Å². The van der Waals surface area contributed by atoms with Crippen LogP contribution in [-0.2, 0) is 6.54 Å². The Morgan fingerprint density at radius 2 is 1.71 bits per heavy atom. The lowest BCUT2D eigenvalue weighted by Gasteiger charge is -2.01. The third-order valence-electron chi connectivity index (χ3n) is 3.43. The monoisotopic (exact) mass is 281 g/mol. The summed E-state index contributed by atoms with van der Waals surface area (Å²) in [6, 6.07) is 14.4. The van der Waals surface area contributed by atoms with Gasteiger partial charge in [-0.2, -0.15) is 5.10 Å². The minimum atomic E-state index is -0.258. The highest BCUT2D eigenvalue weighted by atomic mass is 19.1. The molecule has 0 aliphatic carbocycles. The minimum Gasteiger partial charge on any atom is -0.326 e. The number of aryl methyl sites for hydroxylation is 1. The van der Waals surface area contributed by atoms with E-state index in [2.05, 4.69) is 5.10 Å². The first kappa shape index (κ1) is 13.5. The first-order valence-corrected chi connectivity index (χ1v) is 6.79. The van der Waals surface area contributed by atoms with Crippen molar-refractivity contribution in [3.05, 3.63) is 71.7 Å². The molecule has 0 aliphatic rings. The average molecular weight is 281 g/mol. The molecule has 2 N–H and O–H groups in total. The first-order chi connectivity index (χ1) is 10.2. The van der Waals surface area contributed by atoms with Gasteiger partial charge in [0.1, 0.15) is 5.82 Å². The molecule has 0 bridgehead atoms. The number of rotatable bonds is 3. The number of aromatic nitrogens is 2. The van der Waals surface area contributed by atoms with E-state index in [1.165, 1.54) is 17.7 Å². The van der Waals surface area contributed by atoms with Crippen molar-refractivity contribution in [1.29, 1.82) is 0 Å². The van der Waals surface area contributed by atoms with Crippen molar-refractivity contribution in [3.63, 3.8) is 0 Å². The minimum absolute atomic E-state index is 0.258. The zero-order valence-electron chi connectivity index (χ0n) is 11.8. The number of hydrogen-bond donors (Lipinski definition) is 1. The zero-order chi connectivity index (χ0) is 14.8. The van der Waals surface area contributed by atoms with Crippen LogP contribution in [0.15, 0.2) is 54.7 Å². The third kappa shape index (κ3) is 2.71. The van der Waals surface area contributed by atoms with Gasteiger partial charge in [0.25, 0.3) is 0 Å². The topological polar surface area (TPSA) is 43.8 Å². The molecule has 3 nitrogen and oxygen atoms in total. The Morgan fingerprint density at radius 1 is 1.05 bits per heavy atom. The van der Waals surface area contributed by atoms with E-state index in [1.807, 2.05) is 37.4 Å². The van der Waals surface area contributed by atoms with Crippen LogP contribution in [0, 0.1) is 12.7 Å². The fourth-order valence-corrected chi connectivity index (χ4v) is 2.24. The maximum absolute atomic E-state index is 13.0. The molecule has 0 saturated carbocycles. The second-order valence-electron chi connectivity index (χ2n) is 4.99. The molecule has 0 saturated heterocycles. The molecule has 0 aliphatic heterocycles. The van der Waals surface area contributed by atoms with E-state index in [0.29, 0.717) is 6.54 Å². The Kier molecular flexibility index (Phi) is 3.54.